The molecule has 0 aromatic heterocycles. The third-order valence-corrected chi connectivity index (χ3v) is 17.4. The number of hydrogen-bond donors (Lipinski definition) is 3. The molecule has 3 N–H and O–H groups in total. The number of hydrazine groups is 3. The molecule has 0 bridgehead atoms. The van der Waals surface area contributed by atoms with Gasteiger partial charge in [0.15, 0.2) is 14.1 Å². The molecule has 0 saturated carbocycles. The molecular formula is C18H30I6N6S6. The number of rotatable bonds is 0. The van der Waals surface area contributed by atoms with E-state index in [0.29, 0.717) is 14.1 Å². The van der Waals surface area contributed by atoms with Gasteiger partial charge in [0.05, 0.1) is 19.6 Å². The van der Waals surface area contributed by atoms with Crippen LogP contribution in [0, 0.1) is 0 Å². The van der Waals surface area contributed by atoms with Crippen molar-refractivity contribution in [2.24, 2.45) is 0 Å². The SMILES string of the molecule is CC1=[NH+]N2CC(I)CSC2S1.CC1=[NH+]N2CC(I)CSC2S1.CC1=[NH+]N2CC(I)CSC2S1.[I-].[I-].[I-]. The molecular weight excluding hydrogens is 1250 g/mol. The average Bonchev–Trinajstić information content (AvgIpc) is 3.41. The van der Waals surface area contributed by atoms with Gasteiger partial charge in [-0.15, -0.1) is 50.6 Å². The number of alkyl halides is 3. The highest BCUT2D eigenvalue weighted by atomic mass is 127. The first-order valence-corrected chi connectivity index (χ1v) is 20.2. The molecule has 18 heteroatoms. The van der Waals surface area contributed by atoms with Crippen molar-refractivity contribution in [1.29, 1.82) is 0 Å². The fraction of sp³-hybridized carbons (Fsp3) is 0.833. The van der Waals surface area contributed by atoms with Crippen LogP contribution in [0.1, 0.15) is 20.8 Å². The lowest BCUT2D eigenvalue weighted by molar-refractivity contribution is -0.638. The Hall–Kier alpha value is 4.89. The molecule has 0 aromatic carbocycles. The van der Waals surface area contributed by atoms with Gasteiger partial charge in [-0.1, -0.05) is 67.8 Å². The molecule has 6 aliphatic rings. The molecule has 0 aliphatic carbocycles. The fourth-order valence-corrected chi connectivity index (χ4v) is 14.2. The van der Waals surface area contributed by atoms with E-state index in [1.54, 1.807) is 0 Å². The molecule has 0 spiro atoms. The predicted molar refractivity (Wildman–Crippen MR) is 180 cm³/mol. The van der Waals surface area contributed by atoms with Crippen molar-refractivity contribution in [2.75, 3.05) is 36.9 Å². The predicted octanol–water partition coefficient (Wildman–Crippen LogP) is -8.14. The van der Waals surface area contributed by atoms with Crippen LogP contribution >= 0.6 is 138 Å². The normalized spacial score (nSPS) is 33.8. The van der Waals surface area contributed by atoms with Gasteiger partial charge in [-0.3, -0.25) is 0 Å². The molecule has 36 heavy (non-hydrogen) atoms. The van der Waals surface area contributed by atoms with Gasteiger partial charge in [0.25, 0.3) is 0 Å². The van der Waals surface area contributed by atoms with E-state index >= 15 is 0 Å². The Morgan fingerprint density at radius 2 is 0.806 bits per heavy atom. The van der Waals surface area contributed by atoms with Crippen LogP contribution in [-0.2, 0) is 0 Å². The Morgan fingerprint density at radius 3 is 1.06 bits per heavy atom. The van der Waals surface area contributed by atoms with Crippen molar-refractivity contribution in [2.45, 2.75) is 46.7 Å². The Bertz CT molecular complexity index is 700. The molecule has 6 nitrogen and oxygen atoms in total. The van der Waals surface area contributed by atoms with Gasteiger partial charge < -0.3 is 71.9 Å². The summed E-state index contributed by atoms with van der Waals surface area (Å²) in [5.74, 6) is 3.89. The van der Waals surface area contributed by atoms with Gasteiger partial charge in [-0.2, -0.15) is 15.0 Å². The van der Waals surface area contributed by atoms with Crippen LogP contribution in [0.4, 0.5) is 0 Å². The van der Waals surface area contributed by atoms with Crippen LogP contribution in [0.25, 0.3) is 0 Å². The van der Waals surface area contributed by atoms with Crippen molar-refractivity contribution in [3.05, 3.63) is 0 Å². The van der Waals surface area contributed by atoms with Crippen LogP contribution in [0.3, 0.4) is 0 Å². The van der Waals surface area contributed by atoms with E-state index in [2.05, 4.69) is 119 Å². The molecule has 6 heterocycles. The standard InChI is InChI=1S/3C6H9IN2S2.3HI/c3*1-4-8-9-2-5(7)3-10-6(9)11-4;;;/h3*5-6H,2-3H2,1H3;3*1H. The zero-order valence-electron chi connectivity index (χ0n) is 19.8. The minimum atomic E-state index is 0. The Balaban J connectivity index is 0.000000259. The van der Waals surface area contributed by atoms with Crippen molar-refractivity contribution in [3.8, 4) is 0 Å². The van der Waals surface area contributed by atoms with Crippen LogP contribution in [0.5, 0.6) is 0 Å². The summed E-state index contributed by atoms with van der Waals surface area (Å²) in [5, 5.41) is 21.2. The van der Waals surface area contributed by atoms with Crippen molar-refractivity contribution in [3.63, 3.8) is 0 Å². The Labute approximate surface area is 333 Å². The summed E-state index contributed by atoms with van der Waals surface area (Å²) in [5.41, 5.74) is 0. The molecule has 6 aliphatic heterocycles. The number of halogens is 6. The van der Waals surface area contributed by atoms with Gasteiger partial charge in [-0.05, 0) is 35.3 Å². The summed E-state index contributed by atoms with van der Waals surface area (Å²) in [7, 11) is 0. The smallest absolute Gasteiger partial charge is 0.237 e. The number of hydrogen-bond acceptors (Lipinski definition) is 9. The van der Waals surface area contributed by atoms with E-state index < -0.39 is 0 Å². The zero-order valence-corrected chi connectivity index (χ0v) is 37.6. The summed E-state index contributed by atoms with van der Waals surface area (Å²) in [6, 6.07) is 0. The summed E-state index contributed by atoms with van der Waals surface area (Å²) in [6.07, 6.45) is 0. The summed E-state index contributed by atoms with van der Waals surface area (Å²) in [4.78, 5) is 0. The van der Waals surface area contributed by atoms with E-state index in [1.165, 1.54) is 52.0 Å². The summed E-state index contributed by atoms with van der Waals surface area (Å²) < 4.78 is 4.32. The van der Waals surface area contributed by atoms with Gasteiger partial charge in [0.1, 0.15) is 0 Å². The van der Waals surface area contributed by atoms with Crippen LogP contribution in [-0.4, -0.2) is 92.9 Å². The minimum absolute atomic E-state index is 0. The number of nitrogens with one attached hydrogen (secondary N) is 3. The first-order chi connectivity index (χ1) is 15.8. The lowest BCUT2D eigenvalue weighted by atomic mass is 10.5. The zero-order chi connectivity index (χ0) is 23.5. The van der Waals surface area contributed by atoms with Crippen LogP contribution in [0.2, 0.25) is 0 Å². The molecule has 6 atom stereocenters. The molecule has 0 radical (unpaired) electrons. The molecule has 6 rings (SSSR count). The number of hydrazone groups is 3. The van der Waals surface area contributed by atoms with Gasteiger partial charge in [0.2, 0.25) is 15.1 Å². The van der Waals surface area contributed by atoms with Gasteiger partial charge in [-0.25, -0.2) is 0 Å². The molecule has 3 fully saturated rings. The van der Waals surface area contributed by atoms with Crippen molar-refractivity contribution < 1.29 is 87.2 Å². The number of thioether (sulfide) groups is 6. The third-order valence-electron chi connectivity index (χ3n) is 4.94. The highest BCUT2D eigenvalue weighted by molar-refractivity contribution is 14.1. The second kappa shape index (κ2) is 19.3. The topological polar surface area (TPSA) is 51.6 Å². The maximum Gasteiger partial charge on any atom is 0.237 e. The molecule has 210 valence electrons. The molecule has 0 amide bonds. The maximum absolute atomic E-state index is 3.37. The second-order valence-corrected chi connectivity index (χ2v) is 21.4. The first-order valence-electron chi connectivity index (χ1n) is 10.6. The third kappa shape index (κ3) is 12.1. The number of fused-ring (bicyclic) bond motifs is 3. The summed E-state index contributed by atoms with van der Waals surface area (Å²) in [6.45, 7) is 9.98. The molecule has 0 aromatic rings. The summed E-state index contributed by atoms with van der Waals surface area (Å²) >= 11 is 19.5. The Morgan fingerprint density at radius 1 is 0.556 bits per heavy atom. The van der Waals surface area contributed by atoms with E-state index in [0.717, 1.165) is 11.8 Å². The van der Waals surface area contributed by atoms with Crippen molar-refractivity contribution in [1.82, 2.24) is 15.0 Å². The highest BCUT2D eigenvalue weighted by Crippen LogP contribution is 2.35. The lowest BCUT2D eigenvalue weighted by Gasteiger charge is -2.25. The monoisotopic (exact) mass is 1280 g/mol. The fourth-order valence-electron chi connectivity index (χ4n) is 3.61. The average molecular weight is 1280 g/mol. The minimum Gasteiger partial charge on any atom is -1.00 e. The van der Waals surface area contributed by atoms with Crippen LogP contribution in [0.15, 0.2) is 0 Å². The molecule has 6 unspecified atom stereocenters. The second-order valence-electron chi connectivity index (χ2n) is 8.03. The lowest BCUT2D eigenvalue weighted by Crippen LogP contribution is -3.00. The largest absolute Gasteiger partial charge is 1.00 e. The molecule has 3 saturated heterocycles. The van der Waals surface area contributed by atoms with Crippen LogP contribution < -0.4 is 87.2 Å². The Kier molecular flexibility index (Phi) is 20.9. The quantitative estimate of drug-likeness (QED) is 0.163. The van der Waals surface area contributed by atoms with Gasteiger partial charge in [0, 0.05) is 49.8 Å². The van der Waals surface area contributed by atoms with E-state index in [4.69, 9.17) is 0 Å². The number of nitrogens with zero attached hydrogens (tertiary/aromatic N) is 3. The highest BCUT2D eigenvalue weighted by Gasteiger charge is 2.38. The van der Waals surface area contributed by atoms with Crippen molar-refractivity contribution >= 4 is 153 Å². The van der Waals surface area contributed by atoms with E-state index in [9.17, 15) is 0 Å². The first kappa shape index (κ1) is 38.9. The van der Waals surface area contributed by atoms with E-state index in [-0.39, 0.29) is 71.9 Å². The van der Waals surface area contributed by atoms with E-state index in [1.807, 2.05) is 70.6 Å². The van der Waals surface area contributed by atoms with Gasteiger partial charge >= 0.3 is 0 Å². The maximum atomic E-state index is 3.37.